The van der Waals surface area contributed by atoms with Crippen LogP contribution in [-0.2, 0) is 0 Å². The summed E-state index contributed by atoms with van der Waals surface area (Å²) in [5.41, 5.74) is 1.59. The monoisotopic (exact) mass is 344 g/mol. The number of nitro groups is 1. The van der Waals surface area contributed by atoms with Crippen molar-refractivity contribution < 1.29 is 9.72 Å². The van der Waals surface area contributed by atoms with Gasteiger partial charge in [0.15, 0.2) is 5.78 Å². The largest absolute Gasteiger partial charge is 0.305 e. The van der Waals surface area contributed by atoms with E-state index in [1.165, 1.54) is 24.3 Å². The van der Waals surface area contributed by atoms with Crippen LogP contribution in [0.4, 0.5) is 5.69 Å². The third-order valence-corrected chi connectivity index (χ3v) is 4.75. The summed E-state index contributed by atoms with van der Waals surface area (Å²) in [7, 11) is 1.99. The summed E-state index contributed by atoms with van der Waals surface area (Å²) in [6.07, 6.45) is 0. The molecule has 0 N–H and O–H groups in total. The van der Waals surface area contributed by atoms with Crippen molar-refractivity contribution in [3.63, 3.8) is 0 Å². The van der Waals surface area contributed by atoms with Crippen LogP contribution in [0.3, 0.4) is 0 Å². The van der Waals surface area contributed by atoms with Crippen molar-refractivity contribution in [1.82, 2.24) is 4.90 Å². The van der Waals surface area contributed by atoms with E-state index in [9.17, 15) is 14.9 Å². The molecule has 0 bridgehead atoms. The maximum Gasteiger partial charge on any atom is 0.269 e. The van der Waals surface area contributed by atoms with Crippen LogP contribution in [0.15, 0.2) is 48.5 Å². The minimum absolute atomic E-state index is 0.00987. The topological polar surface area (TPSA) is 63.5 Å². The first-order chi connectivity index (χ1) is 11.5. The van der Waals surface area contributed by atoms with Gasteiger partial charge in [0.05, 0.1) is 4.92 Å². The summed E-state index contributed by atoms with van der Waals surface area (Å²) in [6, 6.07) is 13.4. The number of ketones is 1. The van der Waals surface area contributed by atoms with E-state index < -0.39 is 4.92 Å². The van der Waals surface area contributed by atoms with Crippen molar-refractivity contribution in [2.45, 2.75) is 5.92 Å². The van der Waals surface area contributed by atoms with Crippen molar-refractivity contribution in [1.29, 1.82) is 0 Å². The Kier molecular flexibility index (Phi) is 4.64. The van der Waals surface area contributed by atoms with E-state index in [-0.39, 0.29) is 23.3 Å². The van der Waals surface area contributed by atoms with Crippen molar-refractivity contribution in [2.24, 2.45) is 5.92 Å². The van der Waals surface area contributed by atoms with Gasteiger partial charge in [-0.15, -0.1) is 0 Å². The Labute approximate surface area is 145 Å². The molecular formula is C18H17ClN2O3. The molecule has 1 saturated heterocycles. The highest BCUT2D eigenvalue weighted by Crippen LogP contribution is 2.35. The molecule has 1 aliphatic heterocycles. The first-order valence-corrected chi connectivity index (χ1v) is 8.06. The molecule has 1 heterocycles. The van der Waals surface area contributed by atoms with E-state index in [0.717, 1.165) is 12.1 Å². The van der Waals surface area contributed by atoms with Crippen LogP contribution in [0.5, 0.6) is 0 Å². The number of halogens is 1. The van der Waals surface area contributed by atoms with Gasteiger partial charge in [-0.25, -0.2) is 0 Å². The number of rotatable bonds is 4. The normalized spacial score (nSPS) is 20.9. The Morgan fingerprint density at radius 1 is 1.12 bits per heavy atom. The number of benzene rings is 2. The molecule has 2 atom stereocenters. The number of hydrogen-bond donors (Lipinski definition) is 0. The lowest BCUT2D eigenvalue weighted by Crippen LogP contribution is -2.22. The summed E-state index contributed by atoms with van der Waals surface area (Å²) >= 11 is 5.95. The van der Waals surface area contributed by atoms with Gasteiger partial charge >= 0.3 is 0 Å². The van der Waals surface area contributed by atoms with Crippen molar-refractivity contribution in [3.05, 3.63) is 74.8 Å². The molecule has 3 rings (SSSR count). The predicted molar refractivity (Wildman–Crippen MR) is 92.6 cm³/mol. The van der Waals surface area contributed by atoms with Gasteiger partial charge in [-0.1, -0.05) is 23.7 Å². The van der Waals surface area contributed by atoms with E-state index in [1.807, 2.05) is 31.3 Å². The minimum Gasteiger partial charge on any atom is -0.305 e. The van der Waals surface area contributed by atoms with E-state index >= 15 is 0 Å². The highest BCUT2D eigenvalue weighted by molar-refractivity contribution is 6.30. The standard InChI is InChI=1S/C18H17ClN2O3/c1-20-10-16(12-2-6-14(19)7-3-12)17(11-20)18(22)13-4-8-15(9-5-13)21(23)24/h2-9,16-17H,10-11H2,1H3/t16-,17+/m1/s1. The highest BCUT2D eigenvalue weighted by Gasteiger charge is 2.37. The number of non-ortho nitro benzene ring substituents is 1. The van der Waals surface area contributed by atoms with Gasteiger partial charge in [-0.3, -0.25) is 14.9 Å². The molecule has 6 heteroatoms. The smallest absolute Gasteiger partial charge is 0.269 e. The summed E-state index contributed by atoms with van der Waals surface area (Å²) in [5, 5.41) is 11.4. The molecule has 0 spiro atoms. The molecule has 2 aromatic rings. The fraction of sp³-hybridized carbons (Fsp3) is 0.278. The molecule has 24 heavy (non-hydrogen) atoms. The zero-order valence-corrected chi connectivity index (χ0v) is 13.9. The number of likely N-dealkylation sites (N-methyl/N-ethyl adjacent to an activating group) is 1. The van der Waals surface area contributed by atoms with Gasteiger partial charge in [0.1, 0.15) is 0 Å². The molecular weight excluding hydrogens is 328 g/mol. The second-order valence-electron chi connectivity index (χ2n) is 6.15. The molecule has 0 saturated carbocycles. The molecule has 0 unspecified atom stereocenters. The summed E-state index contributed by atoms with van der Waals surface area (Å²) in [6.45, 7) is 1.47. The van der Waals surface area contributed by atoms with E-state index in [1.54, 1.807) is 0 Å². The maximum atomic E-state index is 12.9. The van der Waals surface area contributed by atoms with Crippen molar-refractivity contribution in [3.8, 4) is 0 Å². The average molecular weight is 345 g/mol. The molecule has 0 amide bonds. The SMILES string of the molecule is CN1C[C@H](C(=O)c2ccc([N+](=O)[O-])cc2)[C@@H](c2ccc(Cl)cc2)C1. The third-order valence-electron chi connectivity index (χ3n) is 4.50. The van der Waals surface area contributed by atoms with E-state index in [4.69, 9.17) is 11.6 Å². The molecule has 0 aliphatic carbocycles. The van der Waals surface area contributed by atoms with Crippen LogP contribution in [-0.4, -0.2) is 35.7 Å². The molecule has 1 fully saturated rings. The Hall–Kier alpha value is -2.24. The Morgan fingerprint density at radius 2 is 1.75 bits per heavy atom. The Morgan fingerprint density at radius 3 is 2.33 bits per heavy atom. The number of nitrogens with zero attached hydrogens (tertiary/aromatic N) is 2. The van der Waals surface area contributed by atoms with Crippen LogP contribution in [0.2, 0.25) is 5.02 Å². The van der Waals surface area contributed by atoms with Crippen LogP contribution < -0.4 is 0 Å². The Bertz CT molecular complexity index is 759. The van der Waals surface area contributed by atoms with Crippen LogP contribution in [0, 0.1) is 16.0 Å². The Balaban J connectivity index is 1.86. The summed E-state index contributed by atoms with van der Waals surface area (Å²) < 4.78 is 0. The first-order valence-electron chi connectivity index (χ1n) is 7.68. The number of likely N-dealkylation sites (tertiary alicyclic amines) is 1. The first kappa shape index (κ1) is 16.6. The van der Waals surface area contributed by atoms with Gasteiger partial charge in [0, 0.05) is 47.6 Å². The molecule has 0 radical (unpaired) electrons. The lowest BCUT2D eigenvalue weighted by molar-refractivity contribution is -0.384. The van der Waals surface area contributed by atoms with Crippen molar-refractivity contribution in [2.75, 3.05) is 20.1 Å². The molecule has 124 valence electrons. The van der Waals surface area contributed by atoms with Crippen molar-refractivity contribution >= 4 is 23.1 Å². The third kappa shape index (κ3) is 3.32. The zero-order chi connectivity index (χ0) is 17.3. The van der Waals surface area contributed by atoms with Crippen LogP contribution in [0.1, 0.15) is 21.8 Å². The van der Waals surface area contributed by atoms with E-state index in [0.29, 0.717) is 17.1 Å². The summed E-state index contributed by atoms with van der Waals surface area (Å²) in [4.78, 5) is 25.3. The van der Waals surface area contributed by atoms with Gasteiger partial charge in [0.2, 0.25) is 0 Å². The lowest BCUT2D eigenvalue weighted by atomic mass is 9.84. The average Bonchev–Trinajstić information content (AvgIpc) is 2.96. The molecule has 0 aromatic heterocycles. The lowest BCUT2D eigenvalue weighted by Gasteiger charge is -2.18. The number of nitro benzene ring substituents is 1. The highest BCUT2D eigenvalue weighted by atomic mass is 35.5. The fourth-order valence-electron chi connectivity index (χ4n) is 3.28. The van der Waals surface area contributed by atoms with Crippen LogP contribution >= 0.6 is 11.6 Å². The second-order valence-corrected chi connectivity index (χ2v) is 6.59. The molecule has 5 nitrogen and oxygen atoms in total. The zero-order valence-electron chi connectivity index (χ0n) is 13.2. The quantitative estimate of drug-likeness (QED) is 0.481. The number of carbonyl (C=O) groups is 1. The number of Topliss-reactive ketones (excluding diaryl/α,β-unsaturated/α-hetero) is 1. The minimum atomic E-state index is -0.464. The van der Waals surface area contributed by atoms with Gasteiger partial charge in [0.25, 0.3) is 5.69 Å². The fourth-order valence-corrected chi connectivity index (χ4v) is 3.40. The molecule has 2 aromatic carbocycles. The number of carbonyl (C=O) groups excluding carboxylic acids is 1. The van der Waals surface area contributed by atoms with Gasteiger partial charge in [-0.2, -0.15) is 0 Å². The molecule has 1 aliphatic rings. The van der Waals surface area contributed by atoms with Gasteiger partial charge < -0.3 is 4.90 Å². The number of hydrogen-bond acceptors (Lipinski definition) is 4. The summed E-state index contributed by atoms with van der Waals surface area (Å²) in [5.74, 6) is -0.0539. The second kappa shape index (κ2) is 6.71. The maximum absolute atomic E-state index is 12.9. The van der Waals surface area contributed by atoms with Gasteiger partial charge in [-0.05, 0) is 36.9 Å². The van der Waals surface area contributed by atoms with E-state index in [2.05, 4.69) is 4.90 Å². The van der Waals surface area contributed by atoms with Crippen LogP contribution in [0.25, 0.3) is 0 Å². The predicted octanol–water partition coefficient (Wildman–Crippen LogP) is 3.78.